The standard InChI is InChI=1S/C20H24N2O4.ClH/c21-18(19(23)25-14-16-8-3-1-4-9-16)12-7-13-22-20(24)26-15-17-10-5-2-6-11-17;/h1-6,8-11,18H,7,12-15,21H2,(H,22,24);1H. The number of nitrogens with two attached hydrogens (primary N) is 1. The summed E-state index contributed by atoms with van der Waals surface area (Å²) in [5.74, 6) is -0.444. The van der Waals surface area contributed by atoms with E-state index < -0.39 is 18.1 Å². The lowest BCUT2D eigenvalue weighted by Gasteiger charge is -2.12. The number of amides is 1. The van der Waals surface area contributed by atoms with Gasteiger partial charge >= 0.3 is 12.1 Å². The van der Waals surface area contributed by atoms with Gasteiger partial charge in [-0.25, -0.2) is 4.79 Å². The summed E-state index contributed by atoms with van der Waals surface area (Å²) in [6.07, 6.45) is 0.489. The molecule has 0 radical (unpaired) electrons. The number of benzene rings is 2. The lowest BCUT2D eigenvalue weighted by atomic mass is 10.1. The number of esters is 1. The van der Waals surface area contributed by atoms with Crippen molar-refractivity contribution >= 4 is 24.5 Å². The van der Waals surface area contributed by atoms with Crippen LogP contribution in [-0.2, 0) is 27.5 Å². The molecule has 3 N–H and O–H groups in total. The monoisotopic (exact) mass is 392 g/mol. The van der Waals surface area contributed by atoms with Crippen molar-refractivity contribution < 1.29 is 19.1 Å². The molecule has 0 spiro atoms. The summed E-state index contributed by atoms with van der Waals surface area (Å²) in [7, 11) is 0. The summed E-state index contributed by atoms with van der Waals surface area (Å²) in [6, 6.07) is 18.1. The number of carbonyl (C=O) groups is 2. The van der Waals surface area contributed by atoms with Gasteiger partial charge in [-0.05, 0) is 24.0 Å². The number of rotatable bonds is 9. The van der Waals surface area contributed by atoms with Gasteiger partial charge in [0.25, 0.3) is 0 Å². The first kappa shape index (κ1) is 22.5. The topological polar surface area (TPSA) is 90.6 Å². The fourth-order valence-corrected chi connectivity index (χ4v) is 2.24. The van der Waals surface area contributed by atoms with Crippen LogP contribution in [0, 0.1) is 0 Å². The molecular formula is C20H25ClN2O4. The smallest absolute Gasteiger partial charge is 0.407 e. The average Bonchev–Trinajstić information content (AvgIpc) is 2.69. The highest BCUT2D eigenvalue weighted by Gasteiger charge is 2.15. The Labute approximate surface area is 165 Å². The Morgan fingerprint density at radius 3 is 1.96 bits per heavy atom. The van der Waals surface area contributed by atoms with Crippen molar-refractivity contribution in [3.8, 4) is 0 Å². The molecule has 146 valence electrons. The van der Waals surface area contributed by atoms with E-state index in [1.165, 1.54) is 0 Å². The van der Waals surface area contributed by atoms with E-state index >= 15 is 0 Å². The Morgan fingerprint density at radius 1 is 0.889 bits per heavy atom. The van der Waals surface area contributed by atoms with Gasteiger partial charge in [0, 0.05) is 6.54 Å². The normalized spacial score (nSPS) is 11.0. The summed E-state index contributed by atoms with van der Waals surface area (Å²) in [4.78, 5) is 23.4. The molecule has 0 aliphatic heterocycles. The molecule has 0 fully saturated rings. The fourth-order valence-electron chi connectivity index (χ4n) is 2.24. The molecule has 27 heavy (non-hydrogen) atoms. The molecule has 2 aromatic carbocycles. The molecule has 6 nitrogen and oxygen atoms in total. The molecule has 0 saturated heterocycles. The molecule has 0 bridgehead atoms. The highest BCUT2D eigenvalue weighted by molar-refractivity contribution is 5.85. The van der Waals surface area contributed by atoms with Crippen molar-refractivity contribution in [2.24, 2.45) is 5.73 Å². The number of hydrogen-bond donors (Lipinski definition) is 2. The van der Waals surface area contributed by atoms with Crippen molar-refractivity contribution in [3.63, 3.8) is 0 Å². The number of halogens is 1. The van der Waals surface area contributed by atoms with E-state index in [0.717, 1.165) is 11.1 Å². The van der Waals surface area contributed by atoms with Crippen LogP contribution in [0.1, 0.15) is 24.0 Å². The molecular weight excluding hydrogens is 368 g/mol. The van der Waals surface area contributed by atoms with Crippen LogP contribution in [0.15, 0.2) is 60.7 Å². The maximum Gasteiger partial charge on any atom is 0.407 e. The SMILES string of the molecule is Cl.NC(CCCNC(=O)OCc1ccccc1)C(=O)OCc1ccccc1. The maximum absolute atomic E-state index is 11.8. The van der Waals surface area contributed by atoms with E-state index in [1.807, 2.05) is 60.7 Å². The summed E-state index contributed by atoms with van der Waals surface area (Å²) < 4.78 is 10.3. The van der Waals surface area contributed by atoms with Crippen molar-refractivity contribution in [3.05, 3.63) is 71.8 Å². The van der Waals surface area contributed by atoms with Crippen LogP contribution < -0.4 is 11.1 Å². The predicted molar refractivity (Wildman–Crippen MR) is 105 cm³/mol. The number of carbonyl (C=O) groups excluding carboxylic acids is 2. The quantitative estimate of drug-likeness (QED) is 0.505. The van der Waals surface area contributed by atoms with Gasteiger partial charge in [-0.1, -0.05) is 60.7 Å². The van der Waals surface area contributed by atoms with Crippen LogP contribution in [0.2, 0.25) is 0 Å². The fraction of sp³-hybridized carbons (Fsp3) is 0.300. The summed E-state index contributed by atoms with van der Waals surface area (Å²) in [5, 5.41) is 2.64. The van der Waals surface area contributed by atoms with Crippen molar-refractivity contribution in [1.29, 1.82) is 0 Å². The van der Waals surface area contributed by atoms with Crippen molar-refractivity contribution in [1.82, 2.24) is 5.32 Å². The summed E-state index contributed by atoms with van der Waals surface area (Å²) in [5.41, 5.74) is 7.65. The zero-order valence-electron chi connectivity index (χ0n) is 15.0. The van der Waals surface area contributed by atoms with Gasteiger partial charge < -0.3 is 20.5 Å². The molecule has 2 rings (SSSR count). The molecule has 1 unspecified atom stereocenters. The zero-order valence-corrected chi connectivity index (χ0v) is 15.8. The first-order valence-corrected chi connectivity index (χ1v) is 8.56. The van der Waals surface area contributed by atoms with Crippen molar-refractivity contribution in [2.75, 3.05) is 6.54 Å². The van der Waals surface area contributed by atoms with E-state index in [9.17, 15) is 9.59 Å². The van der Waals surface area contributed by atoms with Crippen LogP contribution in [0.3, 0.4) is 0 Å². The Balaban J connectivity index is 0.00000364. The number of nitrogens with one attached hydrogen (secondary N) is 1. The molecule has 2 aromatic rings. The first-order chi connectivity index (χ1) is 12.6. The largest absolute Gasteiger partial charge is 0.460 e. The molecule has 0 aromatic heterocycles. The van der Waals surface area contributed by atoms with E-state index in [1.54, 1.807) is 0 Å². The van der Waals surface area contributed by atoms with Crippen LogP contribution in [0.5, 0.6) is 0 Å². The molecule has 7 heteroatoms. The Hall–Kier alpha value is -2.57. The molecule has 1 amide bonds. The van der Waals surface area contributed by atoms with Gasteiger partial charge in [-0.3, -0.25) is 4.79 Å². The van der Waals surface area contributed by atoms with Crippen molar-refractivity contribution in [2.45, 2.75) is 32.1 Å². The Bertz CT molecular complexity index is 683. The van der Waals surface area contributed by atoms with Gasteiger partial charge in [-0.2, -0.15) is 0 Å². The summed E-state index contributed by atoms with van der Waals surface area (Å²) >= 11 is 0. The second-order valence-electron chi connectivity index (χ2n) is 5.83. The van der Waals surface area contributed by atoms with Gasteiger partial charge in [0.15, 0.2) is 0 Å². The molecule has 1 atom stereocenters. The maximum atomic E-state index is 11.8. The van der Waals surface area contributed by atoms with Crippen LogP contribution in [0.4, 0.5) is 4.79 Å². The van der Waals surface area contributed by atoms with E-state index in [4.69, 9.17) is 15.2 Å². The second-order valence-corrected chi connectivity index (χ2v) is 5.83. The van der Waals surface area contributed by atoms with Crippen LogP contribution in [-0.4, -0.2) is 24.6 Å². The molecule has 0 aliphatic carbocycles. The minimum atomic E-state index is -0.708. The molecule has 0 heterocycles. The molecule has 0 saturated carbocycles. The molecule has 0 aliphatic rings. The Kier molecular flexibility index (Phi) is 10.6. The average molecular weight is 393 g/mol. The first-order valence-electron chi connectivity index (χ1n) is 8.56. The third-order valence-corrected chi connectivity index (χ3v) is 3.70. The third kappa shape index (κ3) is 9.08. The van der Waals surface area contributed by atoms with E-state index in [2.05, 4.69) is 5.32 Å². The van der Waals surface area contributed by atoms with Gasteiger partial charge in [0.05, 0.1) is 0 Å². The highest BCUT2D eigenvalue weighted by atomic mass is 35.5. The summed E-state index contributed by atoms with van der Waals surface area (Å²) in [6.45, 7) is 0.808. The van der Waals surface area contributed by atoms with E-state index in [-0.39, 0.29) is 25.6 Å². The van der Waals surface area contributed by atoms with Crippen LogP contribution in [0.25, 0.3) is 0 Å². The van der Waals surface area contributed by atoms with Gasteiger partial charge in [0.2, 0.25) is 0 Å². The lowest BCUT2D eigenvalue weighted by molar-refractivity contribution is -0.146. The van der Waals surface area contributed by atoms with E-state index in [0.29, 0.717) is 19.4 Å². The highest BCUT2D eigenvalue weighted by Crippen LogP contribution is 2.04. The third-order valence-electron chi connectivity index (χ3n) is 3.70. The number of hydrogen-bond acceptors (Lipinski definition) is 5. The minimum Gasteiger partial charge on any atom is -0.460 e. The number of alkyl carbamates (subject to hydrolysis) is 1. The Morgan fingerprint density at radius 2 is 1.41 bits per heavy atom. The predicted octanol–water partition coefficient (Wildman–Crippen LogP) is 3.19. The van der Waals surface area contributed by atoms with Gasteiger partial charge in [0.1, 0.15) is 19.3 Å². The van der Waals surface area contributed by atoms with Gasteiger partial charge in [-0.15, -0.1) is 12.4 Å². The second kappa shape index (κ2) is 12.7. The minimum absolute atomic E-state index is 0. The van der Waals surface area contributed by atoms with Crippen LogP contribution >= 0.6 is 12.4 Å². The number of ether oxygens (including phenoxy) is 2. The zero-order chi connectivity index (χ0) is 18.6. The lowest BCUT2D eigenvalue weighted by Crippen LogP contribution is -2.33.